The molecule has 0 bridgehead atoms. The summed E-state index contributed by atoms with van der Waals surface area (Å²) in [5.74, 6) is 0.946. The van der Waals surface area contributed by atoms with Crippen LogP contribution in [0.3, 0.4) is 0 Å². The van der Waals surface area contributed by atoms with E-state index in [1.807, 2.05) is 25.3 Å². The molecule has 3 nitrogen and oxygen atoms in total. The number of hydrogen-bond donors (Lipinski definition) is 2. The Hall–Kier alpha value is -2.23. The topological polar surface area (TPSA) is 52.8 Å². The van der Waals surface area contributed by atoms with Crippen LogP contribution in [-0.4, -0.2) is 35.2 Å². The lowest BCUT2D eigenvalue weighted by atomic mass is 9.57. The van der Waals surface area contributed by atoms with Gasteiger partial charge in [-0.2, -0.15) is 0 Å². The molecule has 0 amide bonds. The summed E-state index contributed by atoms with van der Waals surface area (Å²) >= 11 is 0. The first-order valence-electron chi connectivity index (χ1n) is 13.3. The highest BCUT2D eigenvalue weighted by atomic mass is 16.3. The predicted octanol–water partition coefficient (Wildman–Crippen LogP) is 6.83. The maximum Gasteiger partial charge on any atom is 0.0927 e. The standard InChI is InChI=1S/C32H43NO2/c1-6-7-22(2)8-9-26(18-23(3)21-33-5)29-12-13-30-31(29,4)16-15-27-19-24-10-11-28(34)20-25(24)14-17-32(27,30)35/h6-9,15,18-19,21,25,28-30,34-35H,2-3,10-14,16-17,20H2,1,4-5H3/b7-6-,9-8-,26-18+,33-21-/t25?,28?,29?,30?,31?,32-/m1/s1. The van der Waals surface area contributed by atoms with Crippen molar-refractivity contribution in [2.75, 3.05) is 7.05 Å². The van der Waals surface area contributed by atoms with E-state index in [1.165, 1.54) is 11.1 Å². The summed E-state index contributed by atoms with van der Waals surface area (Å²) in [6, 6.07) is 0. The molecule has 6 atom stereocenters. The number of nitrogens with zero attached hydrogens (tertiary/aromatic N) is 1. The number of aliphatic imine (C=N–C) groups is 1. The average molecular weight is 474 g/mol. The van der Waals surface area contributed by atoms with E-state index in [1.54, 1.807) is 7.05 Å². The van der Waals surface area contributed by atoms with E-state index >= 15 is 0 Å². The number of aliphatic hydroxyl groups excluding tert-OH is 1. The van der Waals surface area contributed by atoms with Crippen LogP contribution in [0.2, 0.25) is 0 Å². The third kappa shape index (κ3) is 5.04. The van der Waals surface area contributed by atoms with Gasteiger partial charge >= 0.3 is 0 Å². The van der Waals surface area contributed by atoms with Crippen LogP contribution in [0.15, 0.2) is 88.5 Å². The fourth-order valence-electron chi connectivity index (χ4n) is 7.44. The first-order valence-corrected chi connectivity index (χ1v) is 13.3. The molecule has 2 fully saturated rings. The zero-order valence-electron chi connectivity index (χ0n) is 21.8. The van der Waals surface area contributed by atoms with Gasteiger partial charge in [-0.25, -0.2) is 0 Å². The van der Waals surface area contributed by atoms with Gasteiger partial charge in [-0.1, -0.05) is 68.2 Å². The lowest BCUT2D eigenvalue weighted by Gasteiger charge is -2.49. The van der Waals surface area contributed by atoms with Crippen molar-refractivity contribution in [3.63, 3.8) is 0 Å². The fourth-order valence-corrected chi connectivity index (χ4v) is 7.44. The van der Waals surface area contributed by atoms with E-state index in [0.717, 1.165) is 68.1 Å². The van der Waals surface area contributed by atoms with Gasteiger partial charge in [0.15, 0.2) is 0 Å². The van der Waals surface area contributed by atoms with Crippen LogP contribution < -0.4 is 0 Å². The Bertz CT molecular complexity index is 1040. The molecule has 0 saturated heterocycles. The Kier molecular flexibility index (Phi) is 7.68. The molecule has 0 aliphatic heterocycles. The smallest absolute Gasteiger partial charge is 0.0927 e. The summed E-state index contributed by atoms with van der Waals surface area (Å²) in [4.78, 5) is 4.16. The summed E-state index contributed by atoms with van der Waals surface area (Å²) in [6.45, 7) is 12.7. The van der Waals surface area contributed by atoms with Crippen LogP contribution in [0.25, 0.3) is 0 Å². The van der Waals surface area contributed by atoms with Gasteiger partial charge in [-0.15, -0.1) is 0 Å². The molecule has 5 unspecified atom stereocenters. The largest absolute Gasteiger partial charge is 0.393 e. The third-order valence-electron chi connectivity index (χ3n) is 9.16. The first-order chi connectivity index (χ1) is 16.7. The molecule has 4 aliphatic carbocycles. The molecule has 188 valence electrons. The second-order valence-corrected chi connectivity index (χ2v) is 11.4. The minimum Gasteiger partial charge on any atom is -0.393 e. The van der Waals surface area contributed by atoms with Crippen molar-refractivity contribution in [1.82, 2.24) is 0 Å². The van der Waals surface area contributed by atoms with Gasteiger partial charge < -0.3 is 10.2 Å². The Morgan fingerprint density at radius 2 is 1.91 bits per heavy atom. The molecule has 4 aliphatic rings. The minimum atomic E-state index is -0.789. The minimum absolute atomic E-state index is 0.0342. The summed E-state index contributed by atoms with van der Waals surface area (Å²) in [6.07, 6.45) is 24.2. The second kappa shape index (κ2) is 10.4. The lowest BCUT2D eigenvalue weighted by molar-refractivity contribution is -0.0512. The second-order valence-electron chi connectivity index (χ2n) is 11.4. The number of aliphatic hydroxyl groups is 2. The van der Waals surface area contributed by atoms with Crippen molar-refractivity contribution in [2.24, 2.45) is 28.2 Å². The van der Waals surface area contributed by atoms with Crippen molar-refractivity contribution in [3.05, 3.63) is 83.6 Å². The van der Waals surface area contributed by atoms with Gasteiger partial charge in [0.25, 0.3) is 0 Å². The predicted molar refractivity (Wildman–Crippen MR) is 147 cm³/mol. The van der Waals surface area contributed by atoms with E-state index in [4.69, 9.17) is 0 Å². The normalized spacial score (nSPS) is 37.6. The highest BCUT2D eigenvalue weighted by Gasteiger charge is 2.58. The molecule has 2 N–H and O–H groups in total. The van der Waals surface area contributed by atoms with Gasteiger partial charge in [0.2, 0.25) is 0 Å². The molecule has 0 spiro atoms. The number of allylic oxidation sites excluding steroid dienone is 10. The zero-order chi connectivity index (χ0) is 25.2. The van der Waals surface area contributed by atoms with Gasteiger partial charge in [-0.05, 0) is 104 Å². The van der Waals surface area contributed by atoms with E-state index in [9.17, 15) is 10.2 Å². The van der Waals surface area contributed by atoms with Crippen LogP contribution in [-0.2, 0) is 0 Å². The van der Waals surface area contributed by atoms with Gasteiger partial charge in [-0.3, -0.25) is 4.99 Å². The SMILES string of the molecule is C=C(/C=C\C)/C=C\C(=C/C(=C)/C=N\C)C1CCC2C1(C)CC=C1C=C3CCC(O)CC3CC[C@@]12O. The molecule has 0 heterocycles. The third-order valence-corrected chi connectivity index (χ3v) is 9.16. The van der Waals surface area contributed by atoms with Crippen molar-refractivity contribution >= 4 is 6.21 Å². The number of hydrogen-bond acceptors (Lipinski definition) is 3. The molecular weight excluding hydrogens is 430 g/mol. The van der Waals surface area contributed by atoms with Gasteiger partial charge in [0.05, 0.1) is 11.7 Å². The zero-order valence-corrected chi connectivity index (χ0v) is 21.8. The Balaban J connectivity index is 1.68. The van der Waals surface area contributed by atoms with Crippen LogP contribution in [0.1, 0.15) is 65.2 Å². The molecule has 35 heavy (non-hydrogen) atoms. The quantitative estimate of drug-likeness (QED) is 0.328. The van der Waals surface area contributed by atoms with Crippen molar-refractivity contribution < 1.29 is 10.2 Å². The van der Waals surface area contributed by atoms with Crippen molar-refractivity contribution in [1.29, 1.82) is 0 Å². The molecule has 2 saturated carbocycles. The van der Waals surface area contributed by atoms with Gasteiger partial charge in [0.1, 0.15) is 0 Å². The van der Waals surface area contributed by atoms with E-state index in [-0.39, 0.29) is 17.4 Å². The fraction of sp³-hybridized carbons (Fsp3) is 0.531. The monoisotopic (exact) mass is 473 g/mol. The molecule has 0 aromatic carbocycles. The van der Waals surface area contributed by atoms with Crippen LogP contribution >= 0.6 is 0 Å². The van der Waals surface area contributed by atoms with E-state index in [0.29, 0.717) is 11.8 Å². The molecular formula is C32H43NO2. The lowest BCUT2D eigenvalue weighted by Crippen LogP contribution is -2.49. The maximum absolute atomic E-state index is 12.3. The average Bonchev–Trinajstić information content (AvgIpc) is 3.09. The summed E-state index contributed by atoms with van der Waals surface area (Å²) in [7, 11) is 1.77. The molecule has 0 aromatic rings. The Morgan fingerprint density at radius 1 is 1.11 bits per heavy atom. The molecule has 0 aromatic heterocycles. The summed E-state index contributed by atoms with van der Waals surface area (Å²) in [5, 5.41) is 22.5. The summed E-state index contributed by atoms with van der Waals surface area (Å²) in [5.41, 5.74) is 4.86. The highest BCUT2D eigenvalue weighted by molar-refractivity contribution is 5.81. The highest BCUT2D eigenvalue weighted by Crippen LogP contribution is 2.62. The van der Waals surface area contributed by atoms with Gasteiger partial charge in [0, 0.05) is 13.3 Å². The van der Waals surface area contributed by atoms with E-state index < -0.39 is 5.60 Å². The Labute approximate surface area is 212 Å². The van der Waals surface area contributed by atoms with Crippen molar-refractivity contribution in [2.45, 2.75) is 76.9 Å². The number of fused-ring (bicyclic) bond motifs is 4. The molecule has 4 rings (SSSR count). The maximum atomic E-state index is 12.3. The molecule has 3 heteroatoms. The summed E-state index contributed by atoms with van der Waals surface area (Å²) < 4.78 is 0. The molecule has 0 radical (unpaired) electrons. The van der Waals surface area contributed by atoms with Crippen LogP contribution in [0, 0.1) is 23.2 Å². The van der Waals surface area contributed by atoms with E-state index in [2.05, 4.69) is 55.5 Å². The van der Waals surface area contributed by atoms with Crippen LogP contribution in [0.5, 0.6) is 0 Å². The van der Waals surface area contributed by atoms with Crippen molar-refractivity contribution in [3.8, 4) is 0 Å². The Morgan fingerprint density at radius 3 is 2.66 bits per heavy atom. The number of rotatable bonds is 6. The first kappa shape index (κ1) is 25.9. The van der Waals surface area contributed by atoms with Crippen LogP contribution in [0.4, 0.5) is 0 Å².